The van der Waals surface area contributed by atoms with Crippen LogP contribution in [0.1, 0.15) is 55.0 Å². The Labute approximate surface area is 149 Å². The number of halogens is 1. The molecule has 0 aromatic heterocycles. The second-order valence-corrected chi connectivity index (χ2v) is 6.66. The Morgan fingerprint density at radius 3 is 2.44 bits per heavy atom. The number of aryl methyl sites for hydroxylation is 1. The summed E-state index contributed by atoms with van der Waals surface area (Å²) < 4.78 is 19.2. The summed E-state index contributed by atoms with van der Waals surface area (Å²) in [5.74, 6) is 0.628. The van der Waals surface area contributed by atoms with Crippen LogP contribution in [0.3, 0.4) is 0 Å². The molecule has 1 atom stereocenters. The summed E-state index contributed by atoms with van der Waals surface area (Å²) in [5, 5.41) is 2.97. The van der Waals surface area contributed by atoms with E-state index in [9.17, 15) is 9.18 Å². The lowest BCUT2D eigenvalue weighted by Crippen LogP contribution is -2.29. The molecule has 0 spiro atoms. The summed E-state index contributed by atoms with van der Waals surface area (Å²) in [6.45, 7) is 8.16. The van der Waals surface area contributed by atoms with E-state index >= 15 is 0 Å². The highest BCUT2D eigenvalue weighted by molar-refractivity contribution is 5.79. The number of hydrogen-bond acceptors (Lipinski definition) is 2. The smallest absolute Gasteiger partial charge is 0.225 e. The normalized spacial score (nSPS) is 12.1. The Morgan fingerprint density at radius 1 is 1.16 bits per heavy atom. The van der Waals surface area contributed by atoms with E-state index in [1.807, 2.05) is 19.9 Å². The fourth-order valence-electron chi connectivity index (χ4n) is 3.00. The number of carbonyl (C=O) groups is 1. The molecule has 4 heteroatoms. The highest BCUT2D eigenvalue weighted by Gasteiger charge is 2.17. The van der Waals surface area contributed by atoms with Gasteiger partial charge in [-0.15, -0.1) is 0 Å². The number of amides is 1. The first-order chi connectivity index (χ1) is 11.8. The van der Waals surface area contributed by atoms with Crippen LogP contribution in [0.25, 0.3) is 0 Å². The summed E-state index contributed by atoms with van der Waals surface area (Å²) in [4.78, 5) is 12.3. The molecule has 3 nitrogen and oxygen atoms in total. The first-order valence-corrected chi connectivity index (χ1v) is 8.54. The standard InChI is InChI=1S/C21H26FNO2/c1-13(2)17-12-18(14(3)10-20(17)25-5)15(4)23-21(24)11-16-8-6-7-9-19(16)22/h6-10,12-13,15H,11H2,1-5H3,(H,23,24)/t15-/m1/s1. The van der Waals surface area contributed by atoms with Crippen molar-refractivity contribution in [2.45, 2.75) is 46.1 Å². The summed E-state index contributed by atoms with van der Waals surface area (Å²) >= 11 is 0. The number of nitrogens with one attached hydrogen (secondary N) is 1. The Hall–Kier alpha value is -2.36. The van der Waals surface area contributed by atoms with Crippen LogP contribution in [0.2, 0.25) is 0 Å². The molecule has 0 radical (unpaired) electrons. The van der Waals surface area contributed by atoms with Gasteiger partial charge in [0.05, 0.1) is 19.6 Å². The van der Waals surface area contributed by atoms with Gasteiger partial charge in [0.2, 0.25) is 5.91 Å². The third kappa shape index (κ3) is 4.59. The van der Waals surface area contributed by atoms with Crippen LogP contribution >= 0.6 is 0 Å². The average Bonchev–Trinajstić information content (AvgIpc) is 2.56. The van der Waals surface area contributed by atoms with Crippen molar-refractivity contribution in [1.82, 2.24) is 5.32 Å². The van der Waals surface area contributed by atoms with E-state index in [4.69, 9.17) is 4.74 Å². The maximum atomic E-state index is 13.7. The molecule has 2 aromatic rings. The van der Waals surface area contributed by atoms with E-state index in [1.165, 1.54) is 6.07 Å². The number of benzene rings is 2. The molecule has 0 heterocycles. The Balaban J connectivity index is 2.17. The third-order valence-electron chi connectivity index (χ3n) is 4.39. The first kappa shape index (κ1) is 19.0. The van der Waals surface area contributed by atoms with E-state index < -0.39 is 0 Å². The SMILES string of the molecule is COc1cc(C)c([C@@H](C)NC(=O)Cc2ccccc2F)cc1C(C)C. The van der Waals surface area contributed by atoms with Crippen molar-refractivity contribution in [2.75, 3.05) is 7.11 Å². The molecule has 2 aromatic carbocycles. The van der Waals surface area contributed by atoms with Crippen LogP contribution < -0.4 is 10.1 Å². The van der Waals surface area contributed by atoms with Crippen molar-refractivity contribution in [3.05, 3.63) is 64.5 Å². The molecular formula is C21H26FNO2. The molecule has 0 aliphatic rings. The van der Waals surface area contributed by atoms with E-state index in [1.54, 1.807) is 25.3 Å². The molecule has 0 aliphatic carbocycles. The molecule has 0 saturated carbocycles. The number of methoxy groups -OCH3 is 1. The van der Waals surface area contributed by atoms with Gasteiger partial charge in [-0.2, -0.15) is 0 Å². The molecule has 0 fully saturated rings. The molecule has 0 bridgehead atoms. The van der Waals surface area contributed by atoms with E-state index in [2.05, 4.69) is 25.2 Å². The molecule has 25 heavy (non-hydrogen) atoms. The summed E-state index contributed by atoms with van der Waals surface area (Å²) in [6, 6.07) is 10.3. The van der Waals surface area contributed by atoms with Crippen LogP contribution in [0.4, 0.5) is 4.39 Å². The van der Waals surface area contributed by atoms with Gasteiger partial charge in [-0.05, 0) is 60.2 Å². The predicted molar refractivity (Wildman–Crippen MR) is 98.5 cm³/mol. The van der Waals surface area contributed by atoms with Gasteiger partial charge >= 0.3 is 0 Å². The number of carbonyl (C=O) groups excluding carboxylic acids is 1. The summed E-state index contributed by atoms with van der Waals surface area (Å²) in [6.07, 6.45) is 0.0310. The molecular weight excluding hydrogens is 317 g/mol. The maximum absolute atomic E-state index is 13.7. The minimum atomic E-state index is -0.354. The molecule has 0 unspecified atom stereocenters. The fraction of sp³-hybridized carbons (Fsp3) is 0.381. The third-order valence-corrected chi connectivity index (χ3v) is 4.39. The monoisotopic (exact) mass is 343 g/mol. The van der Waals surface area contributed by atoms with Crippen molar-refractivity contribution >= 4 is 5.91 Å². The van der Waals surface area contributed by atoms with E-state index in [0.717, 1.165) is 22.4 Å². The lowest BCUT2D eigenvalue weighted by atomic mass is 9.93. The topological polar surface area (TPSA) is 38.3 Å². The first-order valence-electron chi connectivity index (χ1n) is 8.54. The molecule has 0 aliphatic heterocycles. The highest BCUT2D eigenvalue weighted by Crippen LogP contribution is 2.32. The quantitative estimate of drug-likeness (QED) is 0.826. The lowest BCUT2D eigenvalue weighted by molar-refractivity contribution is -0.121. The second-order valence-electron chi connectivity index (χ2n) is 6.66. The van der Waals surface area contributed by atoms with Gasteiger partial charge in [0, 0.05) is 0 Å². The van der Waals surface area contributed by atoms with Gasteiger partial charge in [-0.1, -0.05) is 32.0 Å². The highest BCUT2D eigenvalue weighted by atomic mass is 19.1. The van der Waals surface area contributed by atoms with Crippen LogP contribution in [-0.4, -0.2) is 13.0 Å². The number of rotatable bonds is 6. The largest absolute Gasteiger partial charge is 0.496 e. The minimum absolute atomic E-state index is 0.0310. The van der Waals surface area contributed by atoms with Crippen molar-refractivity contribution in [3.8, 4) is 5.75 Å². The van der Waals surface area contributed by atoms with Gasteiger partial charge < -0.3 is 10.1 Å². The predicted octanol–water partition coefficient (Wildman–Crippen LogP) is 4.69. The van der Waals surface area contributed by atoms with Crippen LogP contribution in [-0.2, 0) is 11.2 Å². The van der Waals surface area contributed by atoms with Crippen LogP contribution in [0, 0.1) is 12.7 Å². The molecule has 1 amide bonds. The van der Waals surface area contributed by atoms with Gasteiger partial charge in [0.15, 0.2) is 0 Å². The van der Waals surface area contributed by atoms with Crippen molar-refractivity contribution < 1.29 is 13.9 Å². The van der Waals surface area contributed by atoms with Gasteiger partial charge in [-0.25, -0.2) is 4.39 Å². The van der Waals surface area contributed by atoms with Crippen molar-refractivity contribution in [2.24, 2.45) is 0 Å². The Kier molecular flexibility index (Phi) is 6.18. The second kappa shape index (κ2) is 8.15. The zero-order chi connectivity index (χ0) is 18.6. The van der Waals surface area contributed by atoms with Gasteiger partial charge in [0.25, 0.3) is 0 Å². The van der Waals surface area contributed by atoms with Crippen molar-refractivity contribution in [3.63, 3.8) is 0 Å². The summed E-state index contributed by atoms with van der Waals surface area (Å²) in [5.41, 5.74) is 3.62. The van der Waals surface area contributed by atoms with E-state index in [-0.39, 0.29) is 24.2 Å². The van der Waals surface area contributed by atoms with Gasteiger partial charge in [-0.3, -0.25) is 4.79 Å². The molecule has 2 rings (SSSR count). The number of hydrogen-bond donors (Lipinski definition) is 1. The minimum Gasteiger partial charge on any atom is -0.496 e. The average molecular weight is 343 g/mol. The molecule has 0 saturated heterocycles. The van der Waals surface area contributed by atoms with Crippen molar-refractivity contribution in [1.29, 1.82) is 0 Å². The van der Waals surface area contributed by atoms with E-state index in [0.29, 0.717) is 11.5 Å². The fourth-order valence-corrected chi connectivity index (χ4v) is 3.00. The number of ether oxygens (including phenoxy) is 1. The maximum Gasteiger partial charge on any atom is 0.225 e. The van der Waals surface area contributed by atoms with Crippen LogP contribution in [0.15, 0.2) is 36.4 Å². The lowest BCUT2D eigenvalue weighted by Gasteiger charge is -2.21. The Morgan fingerprint density at radius 2 is 1.84 bits per heavy atom. The molecule has 1 N–H and O–H groups in total. The van der Waals surface area contributed by atoms with Gasteiger partial charge in [0.1, 0.15) is 11.6 Å². The zero-order valence-corrected chi connectivity index (χ0v) is 15.5. The Bertz CT molecular complexity index is 756. The molecule has 134 valence electrons. The van der Waals surface area contributed by atoms with Crippen LogP contribution in [0.5, 0.6) is 5.75 Å². The summed E-state index contributed by atoms with van der Waals surface area (Å²) in [7, 11) is 1.67. The zero-order valence-electron chi connectivity index (χ0n) is 15.5.